The van der Waals surface area contributed by atoms with Crippen molar-refractivity contribution in [1.82, 2.24) is 10.2 Å². The second-order valence-corrected chi connectivity index (χ2v) is 5.13. The van der Waals surface area contributed by atoms with Crippen LogP contribution >= 0.6 is 0 Å². The van der Waals surface area contributed by atoms with Crippen molar-refractivity contribution in [3.05, 3.63) is 35.6 Å². The molecular weight excluding hydrogens is 231 g/mol. The van der Waals surface area contributed by atoms with E-state index < -0.39 is 0 Å². The molecule has 1 fully saturated rings. The molecule has 1 aromatic rings. The molecule has 0 bridgehead atoms. The molecule has 1 aromatic carbocycles. The van der Waals surface area contributed by atoms with Gasteiger partial charge in [0.25, 0.3) is 0 Å². The third kappa shape index (κ3) is 3.07. The largest absolute Gasteiger partial charge is 0.392 e. The van der Waals surface area contributed by atoms with E-state index >= 15 is 0 Å². The lowest BCUT2D eigenvalue weighted by Gasteiger charge is -2.28. The normalized spacial score (nSPS) is 25.6. The molecule has 1 heterocycles. The minimum atomic E-state index is -0.243. The molecule has 18 heavy (non-hydrogen) atoms. The molecule has 1 aliphatic heterocycles. The number of aliphatic hydroxyl groups excluding tert-OH is 1. The number of likely N-dealkylation sites (N-methyl/N-ethyl adjacent to an activating group) is 1. The van der Waals surface area contributed by atoms with E-state index in [1.807, 2.05) is 26.1 Å². The maximum atomic E-state index is 13.7. The zero-order valence-electron chi connectivity index (χ0n) is 10.9. The first kappa shape index (κ1) is 13.5. The number of β-amino-alcohol motifs (C(OH)–C–C–N with tert-alkyl or cyclic N) is 1. The van der Waals surface area contributed by atoms with Crippen LogP contribution in [0.2, 0.25) is 0 Å². The first-order chi connectivity index (χ1) is 8.58. The number of aliphatic hydroxyl groups is 1. The lowest BCUT2D eigenvalue weighted by Crippen LogP contribution is -2.36. The fourth-order valence-electron chi connectivity index (χ4n) is 2.49. The number of halogens is 1. The third-order valence-corrected chi connectivity index (χ3v) is 3.72. The molecule has 0 radical (unpaired) electrons. The molecule has 0 aromatic heterocycles. The third-order valence-electron chi connectivity index (χ3n) is 3.72. The molecular formula is C14H21FN2O. The van der Waals surface area contributed by atoms with Gasteiger partial charge in [-0.15, -0.1) is 0 Å². The minimum Gasteiger partial charge on any atom is -0.392 e. The van der Waals surface area contributed by atoms with Crippen LogP contribution in [0, 0.1) is 5.82 Å². The monoisotopic (exact) mass is 252 g/mol. The molecule has 0 spiro atoms. The average molecular weight is 252 g/mol. The Labute approximate surface area is 108 Å². The van der Waals surface area contributed by atoms with Gasteiger partial charge in [0.1, 0.15) is 5.82 Å². The number of rotatable bonds is 4. The van der Waals surface area contributed by atoms with Crippen molar-refractivity contribution in [2.24, 2.45) is 0 Å². The summed E-state index contributed by atoms with van der Waals surface area (Å²) in [7, 11) is 1.99. The van der Waals surface area contributed by atoms with E-state index in [2.05, 4.69) is 10.2 Å². The summed E-state index contributed by atoms with van der Waals surface area (Å²) in [4.78, 5) is 2.12. The van der Waals surface area contributed by atoms with Crippen molar-refractivity contribution < 1.29 is 9.50 Å². The lowest BCUT2D eigenvalue weighted by molar-refractivity contribution is 0.184. The van der Waals surface area contributed by atoms with E-state index in [-0.39, 0.29) is 18.0 Å². The SMILES string of the molecule is CC(c1ccccc1F)N(C)CC1CC(O)CN1. The summed E-state index contributed by atoms with van der Waals surface area (Å²) in [5.41, 5.74) is 0.721. The van der Waals surface area contributed by atoms with Crippen LogP contribution in [0.15, 0.2) is 24.3 Å². The van der Waals surface area contributed by atoms with Gasteiger partial charge in [0, 0.05) is 30.7 Å². The summed E-state index contributed by atoms with van der Waals surface area (Å²) in [6.45, 7) is 3.48. The van der Waals surface area contributed by atoms with Crippen LogP contribution in [0.4, 0.5) is 4.39 Å². The van der Waals surface area contributed by atoms with Crippen LogP contribution in [-0.2, 0) is 0 Å². The molecule has 1 aliphatic rings. The average Bonchev–Trinajstić information content (AvgIpc) is 2.74. The predicted molar refractivity (Wildman–Crippen MR) is 69.9 cm³/mol. The number of hydrogen-bond donors (Lipinski definition) is 2. The molecule has 3 unspecified atom stereocenters. The van der Waals surface area contributed by atoms with Crippen LogP contribution in [0.25, 0.3) is 0 Å². The summed E-state index contributed by atoms with van der Waals surface area (Å²) >= 11 is 0. The molecule has 0 saturated carbocycles. The van der Waals surface area contributed by atoms with E-state index in [1.165, 1.54) is 6.07 Å². The van der Waals surface area contributed by atoms with Crippen molar-refractivity contribution in [2.45, 2.75) is 31.5 Å². The highest BCUT2D eigenvalue weighted by molar-refractivity contribution is 5.20. The van der Waals surface area contributed by atoms with E-state index in [9.17, 15) is 9.50 Å². The highest BCUT2D eigenvalue weighted by Crippen LogP contribution is 2.22. The van der Waals surface area contributed by atoms with Gasteiger partial charge < -0.3 is 10.4 Å². The van der Waals surface area contributed by atoms with Gasteiger partial charge in [-0.05, 0) is 26.5 Å². The number of nitrogens with one attached hydrogen (secondary N) is 1. The van der Waals surface area contributed by atoms with Crippen LogP contribution < -0.4 is 5.32 Å². The van der Waals surface area contributed by atoms with Gasteiger partial charge in [0.2, 0.25) is 0 Å². The maximum absolute atomic E-state index is 13.7. The van der Waals surface area contributed by atoms with E-state index in [0.717, 1.165) is 18.5 Å². The summed E-state index contributed by atoms with van der Waals surface area (Å²) in [5.74, 6) is -0.156. The summed E-state index contributed by atoms with van der Waals surface area (Å²) in [5, 5.41) is 12.7. The summed E-state index contributed by atoms with van der Waals surface area (Å²) in [6, 6.07) is 7.22. The van der Waals surface area contributed by atoms with E-state index in [0.29, 0.717) is 12.6 Å². The Bertz CT molecular complexity index is 399. The Hall–Kier alpha value is -0.970. The van der Waals surface area contributed by atoms with Crippen LogP contribution in [0.5, 0.6) is 0 Å². The van der Waals surface area contributed by atoms with Crippen LogP contribution in [-0.4, -0.2) is 42.3 Å². The second kappa shape index (κ2) is 5.78. The van der Waals surface area contributed by atoms with Crippen molar-refractivity contribution >= 4 is 0 Å². The Morgan fingerprint density at radius 1 is 1.50 bits per heavy atom. The van der Waals surface area contributed by atoms with Crippen molar-refractivity contribution in [1.29, 1.82) is 0 Å². The van der Waals surface area contributed by atoms with Crippen molar-refractivity contribution in [2.75, 3.05) is 20.1 Å². The Morgan fingerprint density at radius 3 is 2.83 bits per heavy atom. The number of benzene rings is 1. The van der Waals surface area contributed by atoms with E-state index in [1.54, 1.807) is 6.07 Å². The Kier molecular flexibility index (Phi) is 4.32. The van der Waals surface area contributed by atoms with Gasteiger partial charge in [-0.2, -0.15) is 0 Å². The molecule has 2 rings (SSSR count). The van der Waals surface area contributed by atoms with Crippen molar-refractivity contribution in [3.63, 3.8) is 0 Å². The van der Waals surface area contributed by atoms with Crippen LogP contribution in [0.1, 0.15) is 24.9 Å². The zero-order valence-corrected chi connectivity index (χ0v) is 10.9. The molecule has 100 valence electrons. The standard InChI is InChI=1S/C14H21FN2O/c1-10(13-5-3-4-6-14(13)15)17(2)9-11-7-12(18)8-16-11/h3-6,10-12,16,18H,7-9H2,1-2H3. The van der Waals surface area contributed by atoms with E-state index in [4.69, 9.17) is 0 Å². The lowest BCUT2D eigenvalue weighted by atomic mass is 10.1. The second-order valence-electron chi connectivity index (χ2n) is 5.13. The predicted octanol–water partition coefficient (Wildman–Crippen LogP) is 1.54. The van der Waals surface area contributed by atoms with Gasteiger partial charge in [-0.25, -0.2) is 4.39 Å². The quantitative estimate of drug-likeness (QED) is 0.853. The van der Waals surface area contributed by atoms with Crippen LogP contribution in [0.3, 0.4) is 0 Å². The zero-order chi connectivity index (χ0) is 13.1. The van der Waals surface area contributed by atoms with Crippen molar-refractivity contribution in [3.8, 4) is 0 Å². The number of nitrogens with zero attached hydrogens (tertiary/aromatic N) is 1. The molecule has 1 saturated heterocycles. The minimum absolute atomic E-state index is 0.0331. The van der Waals surface area contributed by atoms with Gasteiger partial charge in [-0.3, -0.25) is 4.90 Å². The molecule has 3 nitrogen and oxygen atoms in total. The highest BCUT2D eigenvalue weighted by Gasteiger charge is 2.25. The first-order valence-electron chi connectivity index (χ1n) is 6.44. The summed E-state index contributed by atoms with van der Waals surface area (Å²) in [6.07, 6.45) is 0.529. The fraction of sp³-hybridized carbons (Fsp3) is 0.571. The molecule has 3 atom stereocenters. The highest BCUT2D eigenvalue weighted by atomic mass is 19.1. The van der Waals surface area contributed by atoms with Gasteiger partial charge >= 0.3 is 0 Å². The summed E-state index contributed by atoms with van der Waals surface area (Å²) < 4.78 is 13.7. The smallest absolute Gasteiger partial charge is 0.127 e. The van der Waals surface area contributed by atoms with Gasteiger partial charge in [-0.1, -0.05) is 18.2 Å². The fourth-order valence-corrected chi connectivity index (χ4v) is 2.49. The van der Waals surface area contributed by atoms with Gasteiger partial charge in [0.15, 0.2) is 0 Å². The Morgan fingerprint density at radius 2 is 2.22 bits per heavy atom. The maximum Gasteiger partial charge on any atom is 0.127 e. The first-order valence-corrected chi connectivity index (χ1v) is 6.44. The molecule has 4 heteroatoms. The molecule has 0 aliphatic carbocycles. The topological polar surface area (TPSA) is 35.5 Å². The number of hydrogen-bond acceptors (Lipinski definition) is 3. The Balaban J connectivity index is 1.96. The van der Waals surface area contributed by atoms with Gasteiger partial charge in [0.05, 0.1) is 6.10 Å². The molecule has 0 amide bonds. The molecule has 2 N–H and O–H groups in total.